The predicted octanol–water partition coefficient (Wildman–Crippen LogP) is 3.98. The van der Waals surface area contributed by atoms with Crippen LogP contribution >= 0.6 is 11.6 Å². The first-order valence-electron chi connectivity index (χ1n) is 8.60. The van der Waals surface area contributed by atoms with Crippen LogP contribution in [0.3, 0.4) is 0 Å². The fourth-order valence-electron chi connectivity index (χ4n) is 3.51. The minimum atomic E-state index is -4.45. The van der Waals surface area contributed by atoms with E-state index in [1.807, 2.05) is 9.80 Å². The van der Waals surface area contributed by atoms with Crippen LogP contribution in [0.25, 0.3) is 0 Å². The molecule has 2 aliphatic heterocycles. The Bertz CT molecular complexity index is 624. The zero-order valence-corrected chi connectivity index (χ0v) is 14.6. The number of anilines is 1. The van der Waals surface area contributed by atoms with Crippen LogP contribution in [0, 0.1) is 5.92 Å². The van der Waals surface area contributed by atoms with Crippen molar-refractivity contribution in [2.75, 3.05) is 31.1 Å². The molecule has 0 N–H and O–H groups in total. The molecule has 1 aromatic heterocycles. The van der Waals surface area contributed by atoms with Crippen molar-refractivity contribution in [3.05, 3.63) is 22.8 Å². The van der Waals surface area contributed by atoms with E-state index < -0.39 is 11.7 Å². The maximum Gasteiger partial charge on any atom is 0.417 e. The van der Waals surface area contributed by atoms with Gasteiger partial charge in [-0.2, -0.15) is 13.2 Å². The lowest BCUT2D eigenvalue weighted by Crippen LogP contribution is -2.37. The molecular weight excluding hydrogens is 355 g/mol. The number of amides is 1. The molecular formula is C17H21ClF3N3O. The molecule has 0 aromatic carbocycles. The largest absolute Gasteiger partial charge is 0.417 e. The lowest BCUT2D eigenvalue weighted by molar-refractivity contribution is -0.137. The Morgan fingerprint density at radius 1 is 1.20 bits per heavy atom. The van der Waals surface area contributed by atoms with Crippen molar-refractivity contribution in [2.24, 2.45) is 5.92 Å². The highest BCUT2D eigenvalue weighted by atomic mass is 35.5. The van der Waals surface area contributed by atoms with Crippen LogP contribution < -0.4 is 4.90 Å². The Morgan fingerprint density at radius 2 is 1.84 bits per heavy atom. The number of aromatic nitrogens is 1. The van der Waals surface area contributed by atoms with E-state index in [-0.39, 0.29) is 10.9 Å². The number of rotatable bonds is 3. The summed E-state index contributed by atoms with van der Waals surface area (Å²) in [5.41, 5.74) is -0.840. The van der Waals surface area contributed by atoms with E-state index in [2.05, 4.69) is 4.98 Å². The summed E-state index contributed by atoms with van der Waals surface area (Å²) in [4.78, 5) is 20.0. The van der Waals surface area contributed by atoms with Gasteiger partial charge in [0.2, 0.25) is 5.91 Å². The molecule has 25 heavy (non-hydrogen) atoms. The second-order valence-corrected chi connectivity index (χ2v) is 7.16. The highest BCUT2D eigenvalue weighted by Gasteiger charge is 2.32. The third kappa shape index (κ3) is 4.37. The summed E-state index contributed by atoms with van der Waals surface area (Å²) in [7, 11) is 0. The minimum Gasteiger partial charge on any atom is -0.355 e. The summed E-state index contributed by atoms with van der Waals surface area (Å²) >= 11 is 6.01. The van der Waals surface area contributed by atoms with Gasteiger partial charge in [0.1, 0.15) is 5.82 Å². The van der Waals surface area contributed by atoms with E-state index >= 15 is 0 Å². The fourth-order valence-corrected chi connectivity index (χ4v) is 3.80. The molecule has 0 saturated carbocycles. The minimum absolute atomic E-state index is 0.0152. The van der Waals surface area contributed by atoms with Gasteiger partial charge >= 0.3 is 6.18 Å². The number of nitrogens with zero attached hydrogens (tertiary/aromatic N) is 3. The molecule has 3 rings (SSSR count). The second kappa shape index (κ2) is 7.40. The van der Waals surface area contributed by atoms with Gasteiger partial charge in [0.05, 0.1) is 10.6 Å². The molecule has 2 fully saturated rings. The van der Waals surface area contributed by atoms with Crippen molar-refractivity contribution in [3.63, 3.8) is 0 Å². The first-order chi connectivity index (χ1) is 11.8. The van der Waals surface area contributed by atoms with E-state index in [4.69, 9.17) is 11.6 Å². The van der Waals surface area contributed by atoms with Crippen LogP contribution in [-0.4, -0.2) is 42.0 Å². The van der Waals surface area contributed by atoms with Gasteiger partial charge in [0, 0.05) is 38.8 Å². The summed E-state index contributed by atoms with van der Waals surface area (Å²) in [6.45, 7) is 3.03. The van der Waals surface area contributed by atoms with Gasteiger partial charge in [-0.15, -0.1) is 0 Å². The first kappa shape index (κ1) is 18.3. The van der Waals surface area contributed by atoms with Crippen LogP contribution in [0.4, 0.5) is 19.0 Å². The van der Waals surface area contributed by atoms with E-state index in [1.54, 1.807) is 0 Å². The number of alkyl halides is 3. The Balaban J connectivity index is 1.56. The predicted molar refractivity (Wildman–Crippen MR) is 89.6 cm³/mol. The van der Waals surface area contributed by atoms with Gasteiger partial charge in [-0.05, 0) is 37.7 Å². The molecule has 3 heterocycles. The maximum absolute atomic E-state index is 12.7. The number of hydrogen-bond acceptors (Lipinski definition) is 3. The number of halogens is 4. The lowest BCUT2D eigenvalue weighted by atomic mass is 9.93. The van der Waals surface area contributed by atoms with Crippen molar-refractivity contribution in [2.45, 2.75) is 38.3 Å². The van der Waals surface area contributed by atoms with E-state index in [1.165, 1.54) is 0 Å². The van der Waals surface area contributed by atoms with Crippen LogP contribution in [0.2, 0.25) is 5.02 Å². The average Bonchev–Trinajstić information content (AvgIpc) is 3.09. The molecule has 0 bridgehead atoms. The van der Waals surface area contributed by atoms with E-state index in [9.17, 15) is 18.0 Å². The third-order valence-corrected chi connectivity index (χ3v) is 5.26. The van der Waals surface area contributed by atoms with Gasteiger partial charge in [-0.1, -0.05) is 11.6 Å². The molecule has 8 heteroatoms. The van der Waals surface area contributed by atoms with Crippen molar-refractivity contribution in [1.29, 1.82) is 0 Å². The Morgan fingerprint density at radius 3 is 2.40 bits per heavy atom. The lowest BCUT2D eigenvalue weighted by Gasteiger charge is -2.33. The number of pyridine rings is 1. The van der Waals surface area contributed by atoms with Gasteiger partial charge < -0.3 is 9.80 Å². The van der Waals surface area contributed by atoms with Crippen molar-refractivity contribution < 1.29 is 18.0 Å². The van der Waals surface area contributed by atoms with Gasteiger partial charge in [0.15, 0.2) is 0 Å². The average molecular weight is 376 g/mol. The highest BCUT2D eigenvalue weighted by molar-refractivity contribution is 6.33. The molecule has 2 saturated heterocycles. The molecule has 2 aliphatic rings. The van der Waals surface area contributed by atoms with Crippen LogP contribution in [-0.2, 0) is 11.0 Å². The number of hydrogen-bond donors (Lipinski definition) is 0. The van der Waals surface area contributed by atoms with E-state index in [0.717, 1.165) is 51.0 Å². The number of piperidine rings is 1. The highest BCUT2D eigenvalue weighted by Crippen LogP contribution is 2.35. The van der Waals surface area contributed by atoms with Crippen molar-refractivity contribution >= 4 is 23.3 Å². The molecule has 0 unspecified atom stereocenters. The zero-order chi connectivity index (χ0) is 18.0. The fraction of sp³-hybridized carbons (Fsp3) is 0.647. The SMILES string of the molecule is O=C(CC1CCN(c2ncc(C(F)(F)F)cc2Cl)CC1)N1CCCC1. The summed E-state index contributed by atoms with van der Waals surface area (Å²) in [5, 5.41) is 0.0152. The summed E-state index contributed by atoms with van der Waals surface area (Å²) in [6.07, 6.45) is 0.742. The van der Waals surface area contributed by atoms with Crippen LogP contribution in [0.1, 0.15) is 37.7 Å². The molecule has 1 aromatic rings. The second-order valence-electron chi connectivity index (χ2n) is 6.75. The summed E-state index contributed by atoms with van der Waals surface area (Å²) in [6, 6.07) is 0.923. The smallest absolute Gasteiger partial charge is 0.355 e. The molecule has 0 aliphatic carbocycles. The van der Waals surface area contributed by atoms with Gasteiger partial charge in [0.25, 0.3) is 0 Å². The maximum atomic E-state index is 12.7. The van der Waals surface area contributed by atoms with Crippen LogP contribution in [0.15, 0.2) is 12.3 Å². The summed E-state index contributed by atoms with van der Waals surface area (Å²) in [5.74, 6) is 0.929. The Labute approximate surface area is 149 Å². The topological polar surface area (TPSA) is 36.4 Å². The Kier molecular flexibility index (Phi) is 5.41. The zero-order valence-electron chi connectivity index (χ0n) is 13.9. The molecule has 1 amide bonds. The quantitative estimate of drug-likeness (QED) is 0.801. The summed E-state index contributed by atoms with van der Waals surface area (Å²) < 4.78 is 38.1. The number of carbonyl (C=O) groups is 1. The molecule has 138 valence electrons. The molecule has 4 nitrogen and oxygen atoms in total. The third-order valence-electron chi connectivity index (χ3n) is 4.99. The van der Waals surface area contributed by atoms with E-state index in [0.29, 0.717) is 31.2 Å². The van der Waals surface area contributed by atoms with Gasteiger partial charge in [-0.3, -0.25) is 4.79 Å². The van der Waals surface area contributed by atoms with Crippen LogP contribution in [0.5, 0.6) is 0 Å². The van der Waals surface area contributed by atoms with Crippen molar-refractivity contribution in [1.82, 2.24) is 9.88 Å². The molecule has 0 radical (unpaired) electrons. The molecule has 0 atom stereocenters. The first-order valence-corrected chi connectivity index (χ1v) is 8.98. The molecule has 0 spiro atoms. The number of carbonyl (C=O) groups excluding carboxylic acids is 1. The Hall–Kier alpha value is -1.50. The number of likely N-dealkylation sites (tertiary alicyclic amines) is 1. The van der Waals surface area contributed by atoms with Crippen molar-refractivity contribution in [3.8, 4) is 0 Å². The normalized spacial score (nSPS) is 19.5. The van der Waals surface area contributed by atoms with Gasteiger partial charge in [-0.25, -0.2) is 4.98 Å². The standard InChI is InChI=1S/C17H21ClF3N3O/c18-14-10-13(17(19,20)21)11-22-16(14)24-7-3-12(4-8-24)9-15(25)23-5-1-2-6-23/h10-12H,1-9H2. The monoisotopic (exact) mass is 375 g/mol.